The molecule has 0 aliphatic carbocycles. The summed E-state index contributed by atoms with van der Waals surface area (Å²) < 4.78 is 6.95. The highest BCUT2D eigenvalue weighted by Crippen LogP contribution is 2.15. The predicted octanol–water partition coefficient (Wildman–Crippen LogP) is 2.66. The molecule has 0 unspecified atom stereocenters. The van der Waals surface area contributed by atoms with Crippen LogP contribution in [0.15, 0.2) is 30.6 Å². The van der Waals surface area contributed by atoms with Crippen molar-refractivity contribution in [3.8, 4) is 0 Å². The van der Waals surface area contributed by atoms with Gasteiger partial charge in [-0.05, 0) is 32.8 Å². The third-order valence-corrected chi connectivity index (χ3v) is 4.63. The largest absolute Gasteiger partial charge is 0.454 e. The van der Waals surface area contributed by atoms with Crippen LogP contribution in [0, 0.1) is 13.8 Å². The SMILES string of the molecule is CCc1ccc(C(=O)[C@H](C)OC(=O)Cc2c(C)nc3ncnn3c2C)cc1. The number of carbonyl (C=O) groups excluding carboxylic acids is 2. The maximum atomic E-state index is 12.5. The molecule has 0 saturated carbocycles. The molecule has 0 N–H and O–H groups in total. The number of hydrogen-bond donors (Lipinski definition) is 0. The van der Waals surface area contributed by atoms with E-state index >= 15 is 0 Å². The molecule has 0 aliphatic rings. The van der Waals surface area contributed by atoms with Gasteiger partial charge in [0.2, 0.25) is 5.78 Å². The quantitative estimate of drug-likeness (QED) is 0.492. The van der Waals surface area contributed by atoms with Crippen molar-refractivity contribution in [3.63, 3.8) is 0 Å². The lowest BCUT2D eigenvalue weighted by Crippen LogP contribution is -2.26. The van der Waals surface area contributed by atoms with Crippen molar-refractivity contribution in [1.29, 1.82) is 0 Å². The zero-order valence-corrected chi connectivity index (χ0v) is 15.9. The van der Waals surface area contributed by atoms with Crippen LogP contribution >= 0.6 is 0 Å². The van der Waals surface area contributed by atoms with Crippen molar-refractivity contribution in [3.05, 3.63) is 58.7 Å². The molecular formula is C20H22N4O3. The van der Waals surface area contributed by atoms with Gasteiger partial charge in [0, 0.05) is 22.5 Å². The van der Waals surface area contributed by atoms with Crippen LogP contribution in [0.4, 0.5) is 0 Å². The molecule has 2 aromatic heterocycles. The van der Waals surface area contributed by atoms with Crippen LogP contribution in [0.3, 0.4) is 0 Å². The summed E-state index contributed by atoms with van der Waals surface area (Å²) in [4.78, 5) is 33.3. The fourth-order valence-electron chi connectivity index (χ4n) is 2.99. The van der Waals surface area contributed by atoms with Crippen LogP contribution in [0.25, 0.3) is 5.78 Å². The number of ether oxygens (including phenoxy) is 1. The Balaban J connectivity index is 1.70. The van der Waals surface area contributed by atoms with Crippen LogP contribution in [0.2, 0.25) is 0 Å². The van der Waals surface area contributed by atoms with E-state index in [9.17, 15) is 9.59 Å². The van der Waals surface area contributed by atoms with Crippen molar-refractivity contribution in [2.24, 2.45) is 0 Å². The van der Waals surface area contributed by atoms with Gasteiger partial charge in [0.1, 0.15) is 6.33 Å². The monoisotopic (exact) mass is 366 g/mol. The number of esters is 1. The van der Waals surface area contributed by atoms with Crippen molar-refractivity contribution in [2.45, 2.75) is 46.6 Å². The second-order valence-electron chi connectivity index (χ2n) is 6.46. The van der Waals surface area contributed by atoms with E-state index in [1.54, 1.807) is 23.6 Å². The number of Topliss-reactive ketones (excluding diaryl/α,β-unsaturated/α-hetero) is 1. The van der Waals surface area contributed by atoms with E-state index in [-0.39, 0.29) is 12.2 Å². The molecular weight excluding hydrogens is 344 g/mol. The lowest BCUT2D eigenvalue weighted by molar-refractivity contribution is -0.145. The Kier molecular flexibility index (Phi) is 5.30. The molecule has 0 bridgehead atoms. The predicted molar refractivity (Wildman–Crippen MR) is 99.7 cm³/mol. The normalized spacial score (nSPS) is 12.1. The molecule has 0 aliphatic heterocycles. The zero-order valence-electron chi connectivity index (χ0n) is 15.9. The molecule has 0 amide bonds. The first kappa shape index (κ1) is 18.7. The highest BCUT2D eigenvalue weighted by molar-refractivity contribution is 6.00. The van der Waals surface area contributed by atoms with E-state index in [1.807, 2.05) is 26.0 Å². The van der Waals surface area contributed by atoms with E-state index in [1.165, 1.54) is 6.33 Å². The average molecular weight is 366 g/mol. The van der Waals surface area contributed by atoms with Gasteiger partial charge in [0.25, 0.3) is 5.78 Å². The molecule has 1 atom stereocenters. The third kappa shape index (κ3) is 3.86. The molecule has 140 valence electrons. The number of fused-ring (bicyclic) bond motifs is 1. The molecule has 0 fully saturated rings. The van der Waals surface area contributed by atoms with Gasteiger partial charge in [0.15, 0.2) is 6.10 Å². The molecule has 7 heteroatoms. The molecule has 2 heterocycles. The van der Waals surface area contributed by atoms with Crippen molar-refractivity contribution in [2.75, 3.05) is 0 Å². The Morgan fingerprint density at radius 3 is 2.56 bits per heavy atom. The minimum absolute atomic E-state index is 0.0207. The second-order valence-corrected chi connectivity index (χ2v) is 6.46. The van der Waals surface area contributed by atoms with Gasteiger partial charge >= 0.3 is 5.97 Å². The Hall–Kier alpha value is -3.09. The van der Waals surface area contributed by atoms with E-state index in [4.69, 9.17) is 4.74 Å². The summed E-state index contributed by atoms with van der Waals surface area (Å²) in [6, 6.07) is 7.35. The minimum Gasteiger partial charge on any atom is -0.454 e. The maximum absolute atomic E-state index is 12.5. The molecule has 0 saturated heterocycles. The van der Waals surface area contributed by atoms with E-state index in [0.717, 1.165) is 23.2 Å². The summed E-state index contributed by atoms with van der Waals surface area (Å²) in [5.41, 5.74) is 3.88. The molecule has 7 nitrogen and oxygen atoms in total. The number of carbonyl (C=O) groups is 2. The van der Waals surface area contributed by atoms with Crippen LogP contribution in [-0.2, 0) is 22.4 Å². The number of benzene rings is 1. The van der Waals surface area contributed by atoms with Gasteiger partial charge in [-0.2, -0.15) is 10.1 Å². The van der Waals surface area contributed by atoms with E-state index in [2.05, 4.69) is 22.0 Å². The Morgan fingerprint density at radius 1 is 1.19 bits per heavy atom. The van der Waals surface area contributed by atoms with E-state index in [0.29, 0.717) is 17.0 Å². The van der Waals surface area contributed by atoms with Crippen LogP contribution in [0.5, 0.6) is 0 Å². The number of ketones is 1. The third-order valence-electron chi connectivity index (χ3n) is 4.63. The van der Waals surface area contributed by atoms with Crippen molar-refractivity contribution < 1.29 is 14.3 Å². The van der Waals surface area contributed by atoms with Crippen LogP contribution < -0.4 is 0 Å². The van der Waals surface area contributed by atoms with Gasteiger partial charge in [-0.1, -0.05) is 31.2 Å². The molecule has 0 spiro atoms. The number of hydrogen-bond acceptors (Lipinski definition) is 6. The van der Waals surface area contributed by atoms with Gasteiger partial charge in [0.05, 0.1) is 6.42 Å². The number of aromatic nitrogens is 4. The van der Waals surface area contributed by atoms with Crippen molar-refractivity contribution in [1.82, 2.24) is 19.6 Å². The fraction of sp³-hybridized carbons (Fsp3) is 0.350. The number of rotatable bonds is 6. The Bertz CT molecular complexity index is 992. The van der Waals surface area contributed by atoms with Crippen LogP contribution in [0.1, 0.15) is 46.7 Å². The molecule has 27 heavy (non-hydrogen) atoms. The summed E-state index contributed by atoms with van der Waals surface area (Å²) in [5.74, 6) is -0.209. The van der Waals surface area contributed by atoms with Crippen LogP contribution in [-0.4, -0.2) is 37.4 Å². The summed E-state index contributed by atoms with van der Waals surface area (Å²) in [7, 11) is 0. The van der Waals surface area contributed by atoms with Gasteiger partial charge in [-0.15, -0.1) is 0 Å². The first-order chi connectivity index (χ1) is 12.9. The number of nitrogens with zero attached hydrogens (tertiary/aromatic N) is 4. The maximum Gasteiger partial charge on any atom is 0.311 e. The van der Waals surface area contributed by atoms with Gasteiger partial charge in [-0.25, -0.2) is 9.50 Å². The number of aryl methyl sites for hydroxylation is 3. The highest BCUT2D eigenvalue weighted by Gasteiger charge is 2.21. The molecule has 3 rings (SSSR count). The van der Waals surface area contributed by atoms with Crippen molar-refractivity contribution >= 4 is 17.5 Å². The first-order valence-corrected chi connectivity index (χ1v) is 8.89. The minimum atomic E-state index is -0.853. The first-order valence-electron chi connectivity index (χ1n) is 8.89. The Morgan fingerprint density at radius 2 is 1.89 bits per heavy atom. The standard InChI is InChI=1S/C20H22N4O3/c1-5-15-6-8-16(9-7-15)19(26)14(4)27-18(25)10-17-12(2)23-20-21-11-22-24(20)13(17)3/h6-9,11,14H,5,10H2,1-4H3/t14-/m0/s1. The summed E-state index contributed by atoms with van der Waals surface area (Å²) >= 11 is 0. The fourth-order valence-corrected chi connectivity index (χ4v) is 2.99. The summed E-state index contributed by atoms with van der Waals surface area (Å²) in [6.45, 7) is 7.31. The summed E-state index contributed by atoms with van der Waals surface area (Å²) in [5, 5.41) is 4.11. The average Bonchev–Trinajstić information content (AvgIpc) is 3.13. The smallest absolute Gasteiger partial charge is 0.311 e. The Labute approximate surface area is 157 Å². The highest BCUT2D eigenvalue weighted by atomic mass is 16.5. The lowest BCUT2D eigenvalue weighted by atomic mass is 10.0. The molecule has 3 aromatic rings. The molecule has 0 radical (unpaired) electrons. The zero-order chi connectivity index (χ0) is 19.6. The van der Waals surface area contributed by atoms with E-state index < -0.39 is 12.1 Å². The van der Waals surface area contributed by atoms with Gasteiger partial charge < -0.3 is 4.74 Å². The molecule has 1 aromatic carbocycles. The topological polar surface area (TPSA) is 86.5 Å². The summed E-state index contributed by atoms with van der Waals surface area (Å²) in [6.07, 6.45) is 1.49. The van der Waals surface area contributed by atoms with Gasteiger partial charge in [-0.3, -0.25) is 9.59 Å². The second kappa shape index (κ2) is 7.65. The lowest BCUT2D eigenvalue weighted by Gasteiger charge is -2.14.